The number of carbonyl (C=O) groups is 1. The summed E-state index contributed by atoms with van der Waals surface area (Å²) in [7, 11) is 0. The molecule has 6 nitrogen and oxygen atoms in total. The lowest BCUT2D eigenvalue weighted by atomic mass is 10.1. The Balaban J connectivity index is 1.70. The average Bonchev–Trinajstić information content (AvgIpc) is 3.21. The van der Waals surface area contributed by atoms with Crippen molar-refractivity contribution in [2.24, 2.45) is 0 Å². The van der Waals surface area contributed by atoms with Gasteiger partial charge < -0.3 is 10.1 Å². The molecule has 0 saturated carbocycles. The SMILES string of the molecule is Cc1ccc2c(cnn2C2CCCCO2)c1NC(=O)c1sc(Cl)nc1C. The molecule has 3 aromatic rings. The van der Waals surface area contributed by atoms with Gasteiger partial charge in [0.15, 0.2) is 10.7 Å². The van der Waals surface area contributed by atoms with E-state index in [9.17, 15) is 4.79 Å². The van der Waals surface area contributed by atoms with Gasteiger partial charge >= 0.3 is 0 Å². The number of amides is 1. The highest BCUT2D eigenvalue weighted by Crippen LogP contribution is 2.32. The highest BCUT2D eigenvalue weighted by Gasteiger charge is 2.21. The van der Waals surface area contributed by atoms with E-state index in [1.807, 2.05) is 23.7 Å². The molecule has 26 heavy (non-hydrogen) atoms. The van der Waals surface area contributed by atoms with Crippen molar-refractivity contribution in [3.63, 3.8) is 0 Å². The van der Waals surface area contributed by atoms with E-state index >= 15 is 0 Å². The van der Waals surface area contributed by atoms with E-state index in [2.05, 4.69) is 15.4 Å². The van der Waals surface area contributed by atoms with Gasteiger partial charge in [-0.2, -0.15) is 5.10 Å². The molecule has 4 rings (SSSR count). The summed E-state index contributed by atoms with van der Waals surface area (Å²) in [6.07, 6.45) is 4.92. The normalized spacial score (nSPS) is 17.6. The second-order valence-corrected chi connectivity index (χ2v) is 8.02. The van der Waals surface area contributed by atoms with Crippen LogP contribution < -0.4 is 5.32 Å². The van der Waals surface area contributed by atoms with Crippen LogP contribution in [0.1, 0.15) is 46.4 Å². The van der Waals surface area contributed by atoms with Crippen LogP contribution in [-0.4, -0.2) is 27.3 Å². The largest absolute Gasteiger partial charge is 0.356 e. The maximum absolute atomic E-state index is 12.7. The molecule has 0 bridgehead atoms. The van der Waals surface area contributed by atoms with Crippen molar-refractivity contribution < 1.29 is 9.53 Å². The molecule has 136 valence electrons. The number of hydrogen-bond acceptors (Lipinski definition) is 5. The fourth-order valence-corrected chi connectivity index (χ4v) is 4.33. The molecule has 1 N–H and O–H groups in total. The summed E-state index contributed by atoms with van der Waals surface area (Å²) in [6.45, 7) is 4.51. The number of halogens is 1. The van der Waals surface area contributed by atoms with Gasteiger partial charge in [0.25, 0.3) is 5.91 Å². The van der Waals surface area contributed by atoms with Crippen molar-refractivity contribution in [3.05, 3.63) is 38.9 Å². The molecular formula is C18H19ClN4O2S. The predicted molar refractivity (Wildman–Crippen MR) is 103 cm³/mol. The van der Waals surface area contributed by atoms with Gasteiger partial charge in [-0.25, -0.2) is 9.67 Å². The number of ether oxygens (including phenoxy) is 1. The van der Waals surface area contributed by atoms with Crippen molar-refractivity contribution in [2.45, 2.75) is 39.3 Å². The summed E-state index contributed by atoms with van der Waals surface area (Å²) in [6, 6.07) is 4.02. The third-order valence-electron chi connectivity index (χ3n) is 4.63. The summed E-state index contributed by atoms with van der Waals surface area (Å²) in [5.74, 6) is -0.204. The maximum atomic E-state index is 12.7. The van der Waals surface area contributed by atoms with E-state index in [1.165, 1.54) is 11.3 Å². The van der Waals surface area contributed by atoms with Crippen molar-refractivity contribution in [1.29, 1.82) is 0 Å². The number of aromatic nitrogens is 3. The van der Waals surface area contributed by atoms with Crippen molar-refractivity contribution in [3.8, 4) is 0 Å². The van der Waals surface area contributed by atoms with Crippen LogP contribution in [0.25, 0.3) is 10.9 Å². The van der Waals surface area contributed by atoms with E-state index in [0.717, 1.165) is 48.0 Å². The van der Waals surface area contributed by atoms with Gasteiger partial charge in [0.1, 0.15) is 4.88 Å². The quantitative estimate of drug-likeness (QED) is 0.702. The molecule has 1 aliphatic rings. The standard InChI is InChI=1S/C18H19ClN4O2S/c1-10-6-7-13-12(9-20-23(13)14-5-3-4-8-25-14)15(10)22-17(24)16-11(2)21-18(19)26-16/h6-7,9,14H,3-5,8H2,1-2H3,(H,22,24). The van der Waals surface area contributed by atoms with Crippen LogP contribution in [0.3, 0.4) is 0 Å². The number of fused-ring (bicyclic) bond motifs is 1. The Hall–Kier alpha value is -1.96. The van der Waals surface area contributed by atoms with Gasteiger partial charge in [-0.15, -0.1) is 0 Å². The Morgan fingerprint density at radius 3 is 2.92 bits per heavy atom. The molecule has 1 fully saturated rings. The van der Waals surface area contributed by atoms with Crippen molar-refractivity contribution in [2.75, 3.05) is 11.9 Å². The Bertz CT molecular complexity index is 975. The van der Waals surface area contributed by atoms with Gasteiger partial charge in [0, 0.05) is 12.0 Å². The third-order valence-corrected chi connectivity index (χ3v) is 5.89. The molecule has 0 radical (unpaired) electrons. The fraction of sp³-hybridized carbons (Fsp3) is 0.389. The molecule has 1 aliphatic heterocycles. The van der Waals surface area contributed by atoms with E-state index < -0.39 is 0 Å². The van der Waals surface area contributed by atoms with Crippen LogP contribution in [0.4, 0.5) is 5.69 Å². The molecule has 1 aromatic carbocycles. The maximum Gasteiger partial charge on any atom is 0.267 e. The number of nitrogens with zero attached hydrogens (tertiary/aromatic N) is 3. The van der Waals surface area contributed by atoms with Crippen LogP contribution in [0.15, 0.2) is 18.3 Å². The van der Waals surface area contributed by atoms with Gasteiger partial charge in [0.05, 0.1) is 23.1 Å². The second-order valence-electron chi connectivity index (χ2n) is 6.44. The second kappa shape index (κ2) is 6.98. The first-order valence-corrected chi connectivity index (χ1v) is 9.77. The van der Waals surface area contributed by atoms with Gasteiger partial charge in [-0.05, 0) is 44.7 Å². The Kier molecular flexibility index (Phi) is 4.69. The lowest BCUT2D eigenvalue weighted by Crippen LogP contribution is -2.19. The number of benzene rings is 1. The summed E-state index contributed by atoms with van der Waals surface area (Å²) < 4.78 is 8.14. The van der Waals surface area contributed by atoms with Crippen molar-refractivity contribution >= 4 is 45.4 Å². The van der Waals surface area contributed by atoms with Crippen molar-refractivity contribution in [1.82, 2.24) is 14.8 Å². The number of anilines is 1. The Morgan fingerprint density at radius 1 is 1.38 bits per heavy atom. The van der Waals surface area contributed by atoms with E-state index in [4.69, 9.17) is 16.3 Å². The number of rotatable bonds is 3. The molecule has 3 heterocycles. The van der Waals surface area contributed by atoms with Gasteiger partial charge in [0.2, 0.25) is 0 Å². The molecule has 1 atom stereocenters. The third kappa shape index (κ3) is 3.11. The molecule has 2 aromatic heterocycles. The zero-order valence-corrected chi connectivity index (χ0v) is 16.2. The fourth-order valence-electron chi connectivity index (χ4n) is 3.29. The summed E-state index contributed by atoms with van der Waals surface area (Å²) in [5.41, 5.74) is 3.33. The van der Waals surface area contributed by atoms with Gasteiger partial charge in [-0.1, -0.05) is 29.0 Å². The van der Waals surface area contributed by atoms with Gasteiger partial charge in [-0.3, -0.25) is 4.79 Å². The molecule has 1 unspecified atom stereocenters. The van der Waals surface area contributed by atoms with Crippen LogP contribution in [0.2, 0.25) is 4.47 Å². The molecule has 0 aliphatic carbocycles. The number of thiazole rings is 1. The summed E-state index contributed by atoms with van der Waals surface area (Å²) >= 11 is 7.11. The van der Waals surface area contributed by atoms with Crippen LogP contribution in [-0.2, 0) is 4.74 Å². The molecule has 1 saturated heterocycles. The molecule has 0 spiro atoms. The first-order valence-electron chi connectivity index (χ1n) is 8.57. The molecule has 1 amide bonds. The number of carbonyl (C=O) groups excluding carboxylic acids is 1. The smallest absolute Gasteiger partial charge is 0.267 e. The Labute approximate surface area is 160 Å². The number of nitrogens with one attached hydrogen (secondary N) is 1. The minimum atomic E-state index is -0.204. The molecular weight excluding hydrogens is 372 g/mol. The minimum absolute atomic E-state index is 0.0462. The highest BCUT2D eigenvalue weighted by molar-refractivity contribution is 7.17. The summed E-state index contributed by atoms with van der Waals surface area (Å²) in [4.78, 5) is 17.3. The lowest BCUT2D eigenvalue weighted by Gasteiger charge is -2.23. The minimum Gasteiger partial charge on any atom is -0.356 e. The molecule has 8 heteroatoms. The zero-order chi connectivity index (χ0) is 18.3. The zero-order valence-electron chi connectivity index (χ0n) is 14.6. The first-order chi connectivity index (χ1) is 12.5. The van der Waals surface area contributed by atoms with Crippen LogP contribution >= 0.6 is 22.9 Å². The monoisotopic (exact) mass is 390 g/mol. The van der Waals surface area contributed by atoms with Crippen LogP contribution in [0.5, 0.6) is 0 Å². The number of hydrogen-bond donors (Lipinski definition) is 1. The number of aryl methyl sites for hydroxylation is 2. The predicted octanol–water partition coefficient (Wildman–Crippen LogP) is 4.71. The van der Waals surface area contributed by atoms with E-state index in [0.29, 0.717) is 15.0 Å². The summed E-state index contributed by atoms with van der Waals surface area (Å²) in [5, 5.41) is 8.45. The lowest BCUT2D eigenvalue weighted by molar-refractivity contribution is -0.0366. The average molecular weight is 391 g/mol. The Morgan fingerprint density at radius 2 is 2.23 bits per heavy atom. The van der Waals surface area contributed by atoms with E-state index in [-0.39, 0.29) is 12.1 Å². The topological polar surface area (TPSA) is 69.0 Å². The van der Waals surface area contributed by atoms with E-state index in [1.54, 1.807) is 13.1 Å². The van der Waals surface area contributed by atoms with Crippen LogP contribution in [0, 0.1) is 13.8 Å². The highest BCUT2D eigenvalue weighted by atomic mass is 35.5. The first kappa shape index (κ1) is 17.5.